The number of aromatic hydroxyl groups is 1. The molecule has 1 fully saturated rings. The van der Waals surface area contributed by atoms with Gasteiger partial charge >= 0.3 is 0 Å². The molecule has 0 aromatic heterocycles. The summed E-state index contributed by atoms with van der Waals surface area (Å²) in [5.41, 5.74) is 5.18. The van der Waals surface area contributed by atoms with Crippen LogP contribution in [0.2, 0.25) is 0 Å². The Bertz CT molecular complexity index is 646. The highest BCUT2D eigenvalue weighted by Gasteiger charge is 2.33. The lowest BCUT2D eigenvalue weighted by atomic mass is 10.2. The maximum absolute atomic E-state index is 13.1. The van der Waals surface area contributed by atoms with Gasteiger partial charge in [-0.2, -0.15) is 0 Å². The number of hydrogen-bond donors (Lipinski definition) is 2. The minimum Gasteiger partial charge on any atom is -0.507 e. The molecule has 2 amide bonds. The van der Waals surface area contributed by atoms with Crippen molar-refractivity contribution in [1.29, 1.82) is 0 Å². The molecule has 20 heavy (non-hydrogen) atoms. The van der Waals surface area contributed by atoms with Crippen molar-refractivity contribution < 1.29 is 19.1 Å². The number of hydrogen-bond acceptors (Lipinski definition) is 5. The molecule has 8 heteroatoms. The molecule has 0 bridgehead atoms. The van der Waals surface area contributed by atoms with E-state index in [1.54, 1.807) is 0 Å². The quantitative estimate of drug-likeness (QED) is 0.647. The van der Waals surface area contributed by atoms with Crippen molar-refractivity contribution in [3.8, 4) is 5.75 Å². The van der Waals surface area contributed by atoms with Crippen molar-refractivity contribution in [3.05, 3.63) is 34.5 Å². The Morgan fingerprint density at radius 3 is 2.90 bits per heavy atom. The van der Waals surface area contributed by atoms with Gasteiger partial charge in [0.15, 0.2) is 0 Å². The number of thioether (sulfide) groups is 1. The van der Waals surface area contributed by atoms with Crippen LogP contribution < -0.4 is 5.73 Å². The molecule has 2 rings (SSSR count). The Morgan fingerprint density at radius 2 is 2.25 bits per heavy atom. The lowest BCUT2D eigenvalue weighted by Gasteiger charge is -2.10. The molecule has 0 saturated carbocycles. The average molecular weight is 312 g/mol. The lowest BCUT2D eigenvalue weighted by molar-refractivity contribution is -0.127. The zero-order valence-corrected chi connectivity index (χ0v) is 11.6. The fraction of sp³-hybridized carbons (Fsp3) is 0.0833. The van der Waals surface area contributed by atoms with Crippen molar-refractivity contribution >= 4 is 46.2 Å². The fourth-order valence-electron chi connectivity index (χ4n) is 1.57. The van der Waals surface area contributed by atoms with Gasteiger partial charge in [-0.1, -0.05) is 24.0 Å². The number of benzene rings is 1. The summed E-state index contributed by atoms with van der Waals surface area (Å²) in [5.74, 6) is -1.88. The van der Waals surface area contributed by atoms with Gasteiger partial charge in [-0.05, 0) is 24.3 Å². The SMILES string of the molecule is NC(=O)CN1C(=O)/C(=C/c2cc(F)ccc2O)SC1=S. The number of halogens is 1. The second-order valence-corrected chi connectivity index (χ2v) is 5.61. The first kappa shape index (κ1) is 14.5. The number of rotatable bonds is 3. The Morgan fingerprint density at radius 1 is 1.55 bits per heavy atom. The second kappa shape index (κ2) is 5.59. The second-order valence-electron chi connectivity index (χ2n) is 3.94. The van der Waals surface area contributed by atoms with Gasteiger partial charge in [0, 0.05) is 5.56 Å². The van der Waals surface area contributed by atoms with E-state index in [0.717, 1.165) is 28.8 Å². The van der Waals surface area contributed by atoms with E-state index in [1.165, 1.54) is 12.1 Å². The fourth-order valence-corrected chi connectivity index (χ4v) is 2.82. The van der Waals surface area contributed by atoms with Crippen molar-refractivity contribution in [1.82, 2.24) is 4.90 Å². The van der Waals surface area contributed by atoms with E-state index in [4.69, 9.17) is 18.0 Å². The molecule has 0 unspecified atom stereocenters. The van der Waals surface area contributed by atoms with Gasteiger partial charge in [-0.15, -0.1) is 0 Å². The third kappa shape index (κ3) is 2.97. The highest BCUT2D eigenvalue weighted by molar-refractivity contribution is 8.26. The topological polar surface area (TPSA) is 83.6 Å². The van der Waals surface area contributed by atoms with Crippen LogP contribution in [0.5, 0.6) is 5.75 Å². The molecule has 1 aliphatic heterocycles. The van der Waals surface area contributed by atoms with E-state index in [9.17, 15) is 19.1 Å². The number of phenols is 1. The first-order valence-corrected chi connectivity index (χ1v) is 6.63. The van der Waals surface area contributed by atoms with Crippen LogP contribution in [0.3, 0.4) is 0 Å². The van der Waals surface area contributed by atoms with Gasteiger partial charge in [-0.25, -0.2) is 4.39 Å². The molecule has 1 aromatic rings. The van der Waals surface area contributed by atoms with Gasteiger partial charge in [-0.3, -0.25) is 14.5 Å². The molecule has 1 aromatic carbocycles. The summed E-state index contributed by atoms with van der Waals surface area (Å²) in [4.78, 5) is 24.1. The third-order valence-corrected chi connectivity index (χ3v) is 3.84. The van der Waals surface area contributed by atoms with E-state index in [-0.39, 0.29) is 27.1 Å². The predicted molar refractivity (Wildman–Crippen MR) is 77.1 cm³/mol. The van der Waals surface area contributed by atoms with Gasteiger partial charge in [0.25, 0.3) is 5.91 Å². The van der Waals surface area contributed by atoms with Crippen molar-refractivity contribution in [2.75, 3.05) is 6.54 Å². The number of nitrogens with two attached hydrogens (primary N) is 1. The number of carbonyl (C=O) groups is 2. The number of amides is 2. The molecule has 104 valence electrons. The molecule has 1 aliphatic rings. The molecule has 0 atom stereocenters. The van der Waals surface area contributed by atoms with Crippen LogP contribution in [-0.2, 0) is 9.59 Å². The van der Waals surface area contributed by atoms with Gasteiger partial charge in [0.1, 0.15) is 22.4 Å². The van der Waals surface area contributed by atoms with E-state index in [2.05, 4.69) is 0 Å². The van der Waals surface area contributed by atoms with Gasteiger partial charge < -0.3 is 10.8 Å². The summed E-state index contributed by atoms with van der Waals surface area (Å²) in [5, 5.41) is 9.61. The summed E-state index contributed by atoms with van der Waals surface area (Å²) in [7, 11) is 0. The Labute approximate surface area is 123 Å². The number of primary amides is 1. The number of nitrogens with zero attached hydrogens (tertiary/aromatic N) is 1. The summed E-state index contributed by atoms with van der Waals surface area (Å²) in [6.45, 7) is -0.308. The molecule has 0 radical (unpaired) electrons. The van der Waals surface area contributed by atoms with Crippen LogP contribution in [0.4, 0.5) is 4.39 Å². The summed E-state index contributed by atoms with van der Waals surface area (Å²) in [6, 6.07) is 3.38. The van der Waals surface area contributed by atoms with Crippen LogP contribution in [0.1, 0.15) is 5.56 Å². The normalized spacial score (nSPS) is 17.1. The Hall–Kier alpha value is -1.93. The minimum atomic E-state index is -0.684. The molecular weight excluding hydrogens is 303 g/mol. The zero-order chi connectivity index (χ0) is 14.9. The number of thiocarbonyl (C=S) groups is 1. The summed E-state index contributed by atoms with van der Waals surface area (Å²) in [6.07, 6.45) is 1.32. The van der Waals surface area contributed by atoms with Crippen LogP contribution in [-0.4, -0.2) is 32.7 Å². The summed E-state index contributed by atoms with van der Waals surface area (Å²) < 4.78 is 13.3. The molecule has 0 aliphatic carbocycles. The smallest absolute Gasteiger partial charge is 0.266 e. The van der Waals surface area contributed by atoms with Crippen molar-refractivity contribution in [2.24, 2.45) is 5.73 Å². The average Bonchev–Trinajstić information content (AvgIpc) is 2.61. The largest absolute Gasteiger partial charge is 0.507 e. The molecule has 3 N–H and O–H groups in total. The molecule has 5 nitrogen and oxygen atoms in total. The maximum Gasteiger partial charge on any atom is 0.266 e. The number of carbonyl (C=O) groups excluding carboxylic acids is 2. The van der Waals surface area contributed by atoms with E-state index in [1.807, 2.05) is 0 Å². The lowest BCUT2D eigenvalue weighted by Crippen LogP contribution is -2.36. The third-order valence-electron chi connectivity index (χ3n) is 2.46. The van der Waals surface area contributed by atoms with Gasteiger partial charge in [0.05, 0.1) is 4.91 Å². The molecule has 1 saturated heterocycles. The van der Waals surface area contributed by atoms with Crippen LogP contribution in [0.25, 0.3) is 6.08 Å². The van der Waals surface area contributed by atoms with E-state index in [0.29, 0.717) is 0 Å². The van der Waals surface area contributed by atoms with Crippen LogP contribution in [0.15, 0.2) is 23.1 Å². The highest BCUT2D eigenvalue weighted by Crippen LogP contribution is 2.33. The predicted octanol–water partition coefficient (Wildman–Crippen LogP) is 1.22. The first-order chi connectivity index (χ1) is 9.38. The van der Waals surface area contributed by atoms with E-state index >= 15 is 0 Å². The molecule has 1 heterocycles. The summed E-state index contributed by atoms with van der Waals surface area (Å²) >= 11 is 5.93. The standard InChI is InChI=1S/C12H9FN2O3S2/c13-7-1-2-8(16)6(3-7)4-9-11(18)15(5-10(14)17)12(19)20-9/h1-4,16H,5H2,(H2,14,17)/b9-4-. The highest BCUT2D eigenvalue weighted by atomic mass is 32.2. The first-order valence-electron chi connectivity index (χ1n) is 5.40. The van der Waals surface area contributed by atoms with Crippen molar-refractivity contribution in [3.63, 3.8) is 0 Å². The monoisotopic (exact) mass is 312 g/mol. The van der Waals surface area contributed by atoms with Crippen molar-refractivity contribution in [2.45, 2.75) is 0 Å². The molecule has 0 spiro atoms. The maximum atomic E-state index is 13.1. The Kier molecular flexibility index (Phi) is 4.05. The minimum absolute atomic E-state index is 0.157. The zero-order valence-electron chi connectivity index (χ0n) is 10.00. The van der Waals surface area contributed by atoms with Gasteiger partial charge in [0.2, 0.25) is 5.91 Å². The van der Waals surface area contributed by atoms with E-state index < -0.39 is 17.6 Å². The Balaban J connectivity index is 2.32. The van der Waals surface area contributed by atoms with Crippen LogP contribution in [0, 0.1) is 5.82 Å². The number of phenolic OH excluding ortho intramolecular Hbond substituents is 1. The van der Waals surface area contributed by atoms with Crippen LogP contribution >= 0.6 is 24.0 Å². The molecular formula is C12H9FN2O3S2.